The number of hydrogen-bond donors (Lipinski definition) is 3. The smallest absolute Gasteiger partial charge is 0.462 e. The lowest BCUT2D eigenvalue weighted by Crippen LogP contribution is -2.30. The van der Waals surface area contributed by atoms with Crippen LogP contribution >= 0.6 is 15.6 Å². The van der Waals surface area contributed by atoms with Crippen LogP contribution in [0.4, 0.5) is 0 Å². The Labute approximate surface area is 524 Å². The number of phosphoric ester groups is 2. The molecule has 0 rings (SSSR count). The Morgan fingerprint density at radius 2 is 0.558 bits per heavy atom. The van der Waals surface area contributed by atoms with E-state index in [1.54, 1.807) is 0 Å². The van der Waals surface area contributed by atoms with Crippen LogP contribution in [0.1, 0.15) is 325 Å². The summed E-state index contributed by atoms with van der Waals surface area (Å²) in [5, 5.41) is 10.6. The maximum atomic E-state index is 13.0. The van der Waals surface area contributed by atoms with E-state index in [9.17, 15) is 43.2 Å². The van der Waals surface area contributed by atoms with Crippen LogP contribution in [0.3, 0.4) is 0 Å². The Morgan fingerprint density at radius 3 is 0.826 bits per heavy atom. The Morgan fingerprint density at radius 1 is 0.326 bits per heavy atom. The van der Waals surface area contributed by atoms with Gasteiger partial charge in [0.25, 0.3) is 0 Å². The summed E-state index contributed by atoms with van der Waals surface area (Å²) in [6, 6.07) is 0. The zero-order valence-electron chi connectivity index (χ0n) is 55.9. The highest BCUT2D eigenvalue weighted by Crippen LogP contribution is 2.45. The monoisotopic (exact) mass is 1270 g/mol. The van der Waals surface area contributed by atoms with Crippen LogP contribution in [0.5, 0.6) is 0 Å². The van der Waals surface area contributed by atoms with Crippen LogP contribution in [-0.2, 0) is 65.4 Å². The van der Waals surface area contributed by atoms with E-state index in [4.69, 9.17) is 37.0 Å². The second-order valence-electron chi connectivity index (χ2n) is 25.4. The van der Waals surface area contributed by atoms with Gasteiger partial charge < -0.3 is 33.8 Å². The molecule has 0 heterocycles. The molecule has 0 aliphatic heterocycles. The number of carbonyl (C=O) groups excluding carboxylic acids is 4. The summed E-state index contributed by atoms with van der Waals surface area (Å²) in [6.45, 7) is 14.1. The van der Waals surface area contributed by atoms with Crippen molar-refractivity contribution in [3.8, 4) is 0 Å². The van der Waals surface area contributed by atoms with Crippen molar-refractivity contribution in [1.29, 1.82) is 0 Å². The van der Waals surface area contributed by atoms with Gasteiger partial charge in [0.15, 0.2) is 12.2 Å². The lowest BCUT2D eigenvalue weighted by molar-refractivity contribution is -0.161. The van der Waals surface area contributed by atoms with Crippen molar-refractivity contribution in [3.63, 3.8) is 0 Å². The third-order valence-corrected chi connectivity index (χ3v) is 18.3. The van der Waals surface area contributed by atoms with E-state index in [1.807, 2.05) is 0 Å². The average molecular weight is 1270 g/mol. The molecular formula is C67H130O17P2. The molecular weight excluding hydrogens is 1140 g/mol. The maximum Gasteiger partial charge on any atom is 0.472 e. The Balaban J connectivity index is 5.28. The molecule has 0 bridgehead atoms. The topological polar surface area (TPSA) is 237 Å². The largest absolute Gasteiger partial charge is 0.472 e. The maximum absolute atomic E-state index is 13.0. The molecule has 0 spiro atoms. The Bertz CT molecular complexity index is 1720. The van der Waals surface area contributed by atoms with Crippen LogP contribution in [0, 0.1) is 23.7 Å². The number of hydrogen-bond acceptors (Lipinski definition) is 15. The van der Waals surface area contributed by atoms with Crippen molar-refractivity contribution in [3.05, 3.63) is 0 Å². The van der Waals surface area contributed by atoms with Crippen molar-refractivity contribution >= 4 is 39.5 Å². The molecule has 0 aromatic rings. The second kappa shape index (κ2) is 57.0. The Hall–Kier alpha value is -1.94. The molecule has 0 amide bonds. The van der Waals surface area contributed by atoms with Gasteiger partial charge in [0.1, 0.15) is 19.3 Å². The van der Waals surface area contributed by atoms with E-state index in [2.05, 4.69) is 55.4 Å². The minimum Gasteiger partial charge on any atom is -0.462 e. The summed E-state index contributed by atoms with van der Waals surface area (Å²) in [5.74, 6) is 0.878. The molecule has 19 heteroatoms. The molecule has 0 aliphatic carbocycles. The first-order valence-electron chi connectivity index (χ1n) is 34.8. The zero-order chi connectivity index (χ0) is 63.9. The van der Waals surface area contributed by atoms with Gasteiger partial charge in [0.05, 0.1) is 26.4 Å². The summed E-state index contributed by atoms with van der Waals surface area (Å²) in [5.41, 5.74) is 0. The van der Waals surface area contributed by atoms with E-state index in [0.717, 1.165) is 120 Å². The molecule has 86 heavy (non-hydrogen) atoms. The predicted octanol–water partition coefficient (Wildman–Crippen LogP) is 18.5. The fraction of sp³-hybridized carbons (Fsp3) is 0.940. The molecule has 5 unspecified atom stereocenters. The third-order valence-electron chi connectivity index (χ3n) is 16.4. The average Bonchev–Trinajstić information content (AvgIpc) is 3.63. The summed E-state index contributed by atoms with van der Waals surface area (Å²) in [7, 11) is -9.90. The summed E-state index contributed by atoms with van der Waals surface area (Å²) in [4.78, 5) is 72.4. The number of aliphatic hydroxyl groups is 1. The standard InChI is InChI=1S/C67H130O17P2/c1-9-58(6)44-36-28-20-15-17-22-31-39-47-64(69)77-53-62(83-66(71)49-41-33-23-14-12-13-19-27-35-43-57(4)5)55-81-85(73,74)79-51-61(68)52-80-86(75,76)82-56-63(54-78-65(70)48-40-32-26-25-30-38-46-60(8)11-3)84-67(72)50-42-34-24-18-16-21-29-37-45-59(7)10-2/h57-63,68H,9-56H2,1-8H3,(H,73,74)(H,75,76)/t58?,59?,60?,61-,62-,63-/m1/s1. The molecule has 8 atom stereocenters. The van der Waals surface area contributed by atoms with Gasteiger partial charge in [-0.1, -0.05) is 274 Å². The van der Waals surface area contributed by atoms with Crippen LogP contribution in [-0.4, -0.2) is 96.7 Å². The van der Waals surface area contributed by atoms with Gasteiger partial charge >= 0.3 is 39.5 Å². The van der Waals surface area contributed by atoms with E-state index in [1.165, 1.54) is 122 Å². The molecule has 0 saturated carbocycles. The third kappa shape index (κ3) is 57.2. The minimum atomic E-state index is -4.95. The highest BCUT2D eigenvalue weighted by Gasteiger charge is 2.30. The number of unbranched alkanes of at least 4 members (excludes halogenated alkanes) is 27. The molecule has 17 nitrogen and oxygen atoms in total. The summed E-state index contributed by atoms with van der Waals surface area (Å²) in [6.07, 6.45) is 37.5. The van der Waals surface area contributed by atoms with Gasteiger partial charge in [-0.25, -0.2) is 9.13 Å². The van der Waals surface area contributed by atoms with Gasteiger partial charge in [-0.2, -0.15) is 0 Å². The highest BCUT2D eigenvalue weighted by atomic mass is 31.2. The molecule has 3 N–H and O–H groups in total. The number of rotatable bonds is 64. The van der Waals surface area contributed by atoms with Crippen LogP contribution < -0.4 is 0 Å². The first-order chi connectivity index (χ1) is 41.2. The number of phosphoric acid groups is 2. The fourth-order valence-corrected chi connectivity index (χ4v) is 11.4. The van der Waals surface area contributed by atoms with Crippen molar-refractivity contribution < 1.29 is 80.2 Å². The lowest BCUT2D eigenvalue weighted by Gasteiger charge is -2.21. The first-order valence-corrected chi connectivity index (χ1v) is 37.8. The molecule has 0 radical (unpaired) electrons. The molecule has 0 saturated heterocycles. The van der Waals surface area contributed by atoms with E-state index >= 15 is 0 Å². The second-order valence-corrected chi connectivity index (χ2v) is 28.3. The predicted molar refractivity (Wildman–Crippen MR) is 344 cm³/mol. The van der Waals surface area contributed by atoms with Gasteiger partial charge in [-0.05, 0) is 49.4 Å². The minimum absolute atomic E-state index is 0.103. The van der Waals surface area contributed by atoms with E-state index in [0.29, 0.717) is 25.7 Å². The van der Waals surface area contributed by atoms with Crippen LogP contribution in [0.25, 0.3) is 0 Å². The number of carbonyl (C=O) groups is 4. The fourth-order valence-electron chi connectivity index (χ4n) is 9.86. The molecule has 0 aromatic carbocycles. The van der Waals surface area contributed by atoms with Crippen molar-refractivity contribution in [1.82, 2.24) is 0 Å². The highest BCUT2D eigenvalue weighted by molar-refractivity contribution is 7.47. The van der Waals surface area contributed by atoms with Crippen molar-refractivity contribution in [2.24, 2.45) is 23.7 Å². The van der Waals surface area contributed by atoms with Gasteiger partial charge in [-0.15, -0.1) is 0 Å². The summed E-state index contributed by atoms with van der Waals surface area (Å²) >= 11 is 0. The quantitative estimate of drug-likeness (QED) is 0.0222. The number of aliphatic hydroxyl groups excluding tert-OH is 1. The molecule has 0 aliphatic rings. The van der Waals surface area contributed by atoms with Crippen molar-refractivity contribution in [2.45, 2.75) is 343 Å². The zero-order valence-corrected chi connectivity index (χ0v) is 57.7. The number of ether oxygens (including phenoxy) is 4. The molecule has 510 valence electrons. The van der Waals surface area contributed by atoms with Crippen LogP contribution in [0.2, 0.25) is 0 Å². The molecule has 0 aromatic heterocycles. The Kier molecular flexibility index (Phi) is 55.7. The normalized spacial score (nSPS) is 15.3. The van der Waals surface area contributed by atoms with Crippen molar-refractivity contribution in [2.75, 3.05) is 39.6 Å². The van der Waals surface area contributed by atoms with E-state index in [-0.39, 0.29) is 25.7 Å². The summed E-state index contributed by atoms with van der Waals surface area (Å²) < 4.78 is 68.2. The lowest BCUT2D eigenvalue weighted by atomic mass is 9.99. The first kappa shape index (κ1) is 84.1. The molecule has 0 fully saturated rings. The van der Waals surface area contributed by atoms with Gasteiger partial charge in [-0.3, -0.25) is 37.3 Å². The SMILES string of the molecule is CCC(C)CCCCCCCCCCC(=O)OC[C@H](COP(=O)(O)OC[C@@H](O)COP(=O)(O)OC[C@@H](COC(=O)CCCCCCCCC(C)CC)OC(=O)CCCCCCCCCCC(C)CC)OC(=O)CCCCCCCCCCCC(C)C. The number of esters is 4. The van der Waals surface area contributed by atoms with E-state index < -0.39 is 97.5 Å². The van der Waals surface area contributed by atoms with Gasteiger partial charge in [0.2, 0.25) is 0 Å². The van der Waals surface area contributed by atoms with Gasteiger partial charge in [0, 0.05) is 25.7 Å². The van der Waals surface area contributed by atoms with Crippen LogP contribution in [0.15, 0.2) is 0 Å².